The Morgan fingerprint density at radius 2 is 2.16 bits per heavy atom. The fourth-order valence-corrected chi connectivity index (χ4v) is 2.16. The number of amides is 1. The van der Waals surface area contributed by atoms with Crippen LogP contribution in [0.3, 0.4) is 0 Å². The number of hydrogen-bond acceptors (Lipinski definition) is 3. The third-order valence-electron chi connectivity index (χ3n) is 3.16. The van der Waals surface area contributed by atoms with E-state index in [2.05, 4.69) is 10.6 Å². The fraction of sp³-hybridized carbons (Fsp3) is 0.500. The monoisotopic (exact) mass is 284 g/mol. The molecule has 1 saturated heterocycles. The maximum Gasteiger partial charge on any atom is 0.251 e. The van der Waals surface area contributed by atoms with Gasteiger partial charge in [-0.15, -0.1) is 12.4 Å². The summed E-state index contributed by atoms with van der Waals surface area (Å²) in [4.78, 5) is 12.0. The molecule has 1 aromatic rings. The van der Waals surface area contributed by atoms with Crippen molar-refractivity contribution in [2.45, 2.75) is 25.5 Å². The Hall–Kier alpha value is -1.10. The summed E-state index contributed by atoms with van der Waals surface area (Å²) in [5.41, 5.74) is 1.79. The first-order chi connectivity index (χ1) is 8.79. The SMILES string of the molecule is COCc1ccc(C(=O)N[C@H]2CCCNC2)cc1.Cl. The Kier molecular flexibility index (Phi) is 6.84. The normalized spacial score (nSPS) is 18.5. The van der Waals surface area contributed by atoms with Crippen LogP contribution in [0.2, 0.25) is 0 Å². The number of benzene rings is 1. The van der Waals surface area contributed by atoms with Crippen LogP contribution in [-0.2, 0) is 11.3 Å². The van der Waals surface area contributed by atoms with Gasteiger partial charge in [-0.1, -0.05) is 12.1 Å². The van der Waals surface area contributed by atoms with Gasteiger partial charge in [-0.2, -0.15) is 0 Å². The first-order valence-electron chi connectivity index (χ1n) is 6.39. The molecule has 2 N–H and O–H groups in total. The van der Waals surface area contributed by atoms with E-state index in [1.165, 1.54) is 0 Å². The van der Waals surface area contributed by atoms with Crippen molar-refractivity contribution >= 4 is 18.3 Å². The molecule has 1 aliphatic heterocycles. The van der Waals surface area contributed by atoms with Gasteiger partial charge in [0.2, 0.25) is 0 Å². The Bertz CT molecular complexity index is 389. The quantitative estimate of drug-likeness (QED) is 0.885. The number of methoxy groups -OCH3 is 1. The topological polar surface area (TPSA) is 50.4 Å². The predicted molar refractivity (Wildman–Crippen MR) is 77.8 cm³/mol. The Balaban J connectivity index is 0.00000180. The average Bonchev–Trinajstić information content (AvgIpc) is 2.41. The second-order valence-electron chi connectivity index (χ2n) is 4.65. The number of carbonyl (C=O) groups is 1. The second kappa shape index (κ2) is 8.15. The summed E-state index contributed by atoms with van der Waals surface area (Å²) in [5.74, 6) is 0.00710. The molecule has 106 valence electrons. The Morgan fingerprint density at radius 1 is 1.42 bits per heavy atom. The summed E-state index contributed by atoms with van der Waals surface area (Å²) in [6, 6.07) is 7.81. The molecule has 19 heavy (non-hydrogen) atoms. The van der Waals surface area contributed by atoms with E-state index in [0.29, 0.717) is 12.2 Å². The number of hydrogen-bond donors (Lipinski definition) is 2. The van der Waals surface area contributed by atoms with Gasteiger partial charge >= 0.3 is 0 Å². The van der Waals surface area contributed by atoms with Crippen molar-refractivity contribution in [3.63, 3.8) is 0 Å². The van der Waals surface area contributed by atoms with Crippen LogP contribution in [0.1, 0.15) is 28.8 Å². The lowest BCUT2D eigenvalue weighted by Crippen LogP contribution is -2.45. The Morgan fingerprint density at radius 3 is 2.74 bits per heavy atom. The largest absolute Gasteiger partial charge is 0.380 e. The lowest BCUT2D eigenvalue weighted by atomic mass is 10.1. The summed E-state index contributed by atoms with van der Waals surface area (Å²) in [6.45, 7) is 2.50. The maximum atomic E-state index is 12.0. The van der Waals surface area contributed by atoms with Crippen molar-refractivity contribution in [2.75, 3.05) is 20.2 Å². The number of carbonyl (C=O) groups excluding carboxylic acids is 1. The maximum absolute atomic E-state index is 12.0. The van der Waals surface area contributed by atoms with Gasteiger partial charge in [0.1, 0.15) is 0 Å². The van der Waals surface area contributed by atoms with Crippen molar-refractivity contribution in [3.05, 3.63) is 35.4 Å². The lowest BCUT2D eigenvalue weighted by molar-refractivity contribution is 0.0930. The molecule has 1 heterocycles. The molecular weight excluding hydrogens is 264 g/mol. The zero-order chi connectivity index (χ0) is 12.8. The van der Waals surface area contributed by atoms with Crippen molar-refractivity contribution in [1.82, 2.24) is 10.6 Å². The van der Waals surface area contributed by atoms with Crippen LogP contribution >= 0.6 is 12.4 Å². The van der Waals surface area contributed by atoms with Gasteiger partial charge in [0.15, 0.2) is 0 Å². The third kappa shape index (κ3) is 4.82. The molecule has 2 rings (SSSR count). The van der Waals surface area contributed by atoms with Crippen molar-refractivity contribution in [1.29, 1.82) is 0 Å². The molecular formula is C14H21ClN2O2. The average molecular weight is 285 g/mol. The number of ether oxygens (including phenoxy) is 1. The smallest absolute Gasteiger partial charge is 0.251 e. The molecule has 1 atom stereocenters. The number of rotatable bonds is 4. The van der Waals surface area contributed by atoms with Crippen molar-refractivity contribution in [3.8, 4) is 0 Å². The van der Waals surface area contributed by atoms with E-state index < -0.39 is 0 Å². The van der Waals surface area contributed by atoms with E-state index in [9.17, 15) is 4.79 Å². The summed E-state index contributed by atoms with van der Waals surface area (Å²) < 4.78 is 5.04. The first kappa shape index (κ1) is 16.0. The van der Waals surface area contributed by atoms with Gasteiger partial charge < -0.3 is 15.4 Å². The first-order valence-corrected chi connectivity index (χ1v) is 6.39. The van der Waals surface area contributed by atoms with Gasteiger partial charge in [-0.25, -0.2) is 0 Å². The molecule has 0 aliphatic carbocycles. The molecule has 1 aliphatic rings. The van der Waals surface area contributed by atoms with E-state index in [0.717, 1.165) is 31.5 Å². The van der Waals surface area contributed by atoms with E-state index in [4.69, 9.17) is 4.74 Å². The molecule has 1 amide bonds. The zero-order valence-electron chi connectivity index (χ0n) is 11.1. The molecule has 0 bridgehead atoms. The highest BCUT2D eigenvalue weighted by atomic mass is 35.5. The van der Waals surface area contributed by atoms with Gasteiger partial charge in [0.25, 0.3) is 5.91 Å². The molecule has 0 unspecified atom stereocenters. The second-order valence-corrected chi connectivity index (χ2v) is 4.65. The number of halogens is 1. The standard InChI is InChI=1S/C14H20N2O2.ClH/c1-18-10-11-4-6-12(7-5-11)14(17)16-13-3-2-8-15-9-13;/h4-7,13,15H,2-3,8-10H2,1H3,(H,16,17);1H/t13-;/m0./s1. The highest BCUT2D eigenvalue weighted by Crippen LogP contribution is 2.07. The van der Waals surface area contributed by atoms with Crippen LogP contribution in [0.5, 0.6) is 0 Å². The minimum Gasteiger partial charge on any atom is -0.380 e. The van der Waals surface area contributed by atoms with Gasteiger partial charge in [-0.05, 0) is 37.1 Å². The minimum atomic E-state index is 0. The van der Waals surface area contributed by atoms with Crippen LogP contribution in [0, 0.1) is 0 Å². The molecule has 4 nitrogen and oxygen atoms in total. The fourth-order valence-electron chi connectivity index (χ4n) is 2.16. The van der Waals surface area contributed by atoms with Crippen LogP contribution < -0.4 is 10.6 Å². The van der Waals surface area contributed by atoms with Crippen LogP contribution in [0.25, 0.3) is 0 Å². The summed E-state index contributed by atoms with van der Waals surface area (Å²) in [7, 11) is 1.66. The molecule has 1 fully saturated rings. The molecule has 0 saturated carbocycles. The van der Waals surface area contributed by atoms with Crippen LogP contribution in [-0.4, -0.2) is 32.1 Å². The summed E-state index contributed by atoms with van der Waals surface area (Å²) in [6.07, 6.45) is 2.18. The number of piperidine rings is 1. The van der Waals surface area contributed by atoms with Crippen LogP contribution in [0.4, 0.5) is 0 Å². The third-order valence-corrected chi connectivity index (χ3v) is 3.16. The van der Waals surface area contributed by atoms with E-state index >= 15 is 0 Å². The molecule has 5 heteroatoms. The predicted octanol–water partition coefficient (Wildman–Crippen LogP) is 1.74. The molecule has 0 spiro atoms. The molecule has 0 aromatic heterocycles. The van der Waals surface area contributed by atoms with Crippen molar-refractivity contribution in [2.24, 2.45) is 0 Å². The van der Waals surface area contributed by atoms with E-state index in [1.54, 1.807) is 7.11 Å². The highest BCUT2D eigenvalue weighted by molar-refractivity contribution is 5.94. The minimum absolute atomic E-state index is 0. The van der Waals surface area contributed by atoms with Crippen molar-refractivity contribution < 1.29 is 9.53 Å². The summed E-state index contributed by atoms with van der Waals surface area (Å²) in [5, 5.41) is 6.34. The van der Waals surface area contributed by atoms with Crippen LogP contribution in [0.15, 0.2) is 24.3 Å². The van der Waals surface area contributed by atoms with Gasteiger partial charge in [0, 0.05) is 25.3 Å². The molecule has 1 aromatic carbocycles. The Labute approximate surface area is 120 Å². The van der Waals surface area contributed by atoms with Gasteiger partial charge in [-0.3, -0.25) is 4.79 Å². The number of nitrogens with one attached hydrogen (secondary N) is 2. The highest BCUT2D eigenvalue weighted by Gasteiger charge is 2.15. The lowest BCUT2D eigenvalue weighted by Gasteiger charge is -2.23. The van der Waals surface area contributed by atoms with E-state index in [-0.39, 0.29) is 24.4 Å². The summed E-state index contributed by atoms with van der Waals surface area (Å²) >= 11 is 0. The molecule has 0 radical (unpaired) electrons. The van der Waals surface area contributed by atoms with E-state index in [1.807, 2.05) is 24.3 Å². The van der Waals surface area contributed by atoms with Gasteiger partial charge in [0.05, 0.1) is 6.61 Å². The zero-order valence-corrected chi connectivity index (χ0v) is 12.0.